The van der Waals surface area contributed by atoms with Gasteiger partial charge in [0.1, 0.15) is 0 Å². The molecule has 0 atom stereocenters. The first kappa shape index (κ1) is 17.3. The Labute approximate surface area is 149 Å². The van der Waals surface area contributed by atoms with Crippen molar-refractivity contribution in [2.75, 3.05) is 0 Å². The highest BCUT2D eigenvalue weighted by Crippen LogP contribution is 2.23. The number of nitrogens with zero attached hydrogens (tertiary/aromatic N) is 1. The van der Waals surface area contributed by atoms with Gasteiger partial charge < -0.3 is 15.0 Å². The fourth-order valence-corrected chi connectivity index (χ4v) is 2.70. The fraction of sp³-hybridized carbons (Fsp3) is 0.0500. The minimum absolute atomic E-state index is 0.235. The van der Waals surface area contributed by atoms with E-state index in [1.807, 2.05) is 0 Å². The number of rotatable bonds is 5. The highest BCUT2D eigenvalue weighted by molar-refractivity contribution is 6.22. The van der Waals surface area contributed by atoms with Crippen LogP contribution in [0.3, 0.4) is 0 Å². The molecule has 2 aromatic rings. The van der Waals surface area contributed by atoms with E-state index in [1.165, 1.54) is 12.3 Å². The Balaban J connectivity index is 1.89. The molecule has 6 nitrogen and oxygen atoms in total. The van der Waals surface area contributed by atoms with Gasteiger partial charge in [-0.3, -0.25) is 9.59 Å². The molecule has 0 fully saturated rings. The third-order valence-electron chi connectivity index (χ3n) is 3.87. The Bertz CT molecular complexity index is 923. The van der Waals surface area contributed by atoms with Crippen LogP contribution in [0.15, 0.2) is 54.7 Å². The normalized spacial score (nSPS) is 13.8. The van der Waals surface area contributed by atoms with E-state index in [9.17, 15) is 24.6 Å². The second kappa shape index (κ2) is 7.16. The van der Waals surface area contributed by atoms with E-state index >= 15 is 0 Å². The molecule has 0 spiro atoms. The summed E-state index contributed by atoms with van der Waals surface area (Å²) in [5.41, 5.74) is 2.41. The quantitative estimate of drug-likeness (QED) is 0.647. The van der Waals surface area contributed by atoms with Crippen LogP contribution < -0.4 is 5.11 Å². The van der Waals surface area contributed by atoms with Gasteiger partial charge in [0.05, 0.1) is 23.7 Å². The molecule has 1 heterocycles. The Kier molecular flexibility index (Phi) is 4.77. The van der Waals surface area contributed by atoms with E-state index in [0.717, 1.165) is 11.0 Å². The zero-order valence-corrected chi connectivity index (χ0v) is 13.6. The van der Waals surface area contributed by atoms with Crippen LogP contribution in [0, 0.1) is 0 Å². The lowest BCUT2D eigenvalue weighted by atomic mass is 10.1. The minimum Gasteiger partial charge on any atom is -0.545 e. The summed E-state index contributed by atoms with van der Waals surface area (Å²) >= 11 is 0. The number of aliphatic hydroxyl groups is 1. The van der Waals surface area contributed by atoms with Crippen molar-refractivity contribution in [3.05, 3.63) is 82.6 Å². The van der Waals surface area contributed by atoms with Gasteiger partial charge in [-0.25, -0.2) is 4.90 Å². The van der Waals surface area contributed by atoms with Gasteiger partial charge in [0.25, 0.3) is 11.8 Å². The Morgan fingerprint density at radius 3 is 2.12 bits per heavy atom. The first-order valence-electron chi connectivity index (χ1n) is 7.78. The fourth-order valence-electron chi connectivity index (χ4n) is 2.70. The number of imide groups is 1. The highest BCUT2D eigenvalue weighted by Gasteiger charge is 2.33. The summed E-state index contributed by atoms with van der Waals surface area (Å²) in [5, 5.41) is 19.9. The summed E-state index contributed by atoms with van der Waals surface area (Å²) in [6.45, 7) is -0.235. The minimum atomic E-state index is -1.33. The number of amides is 2. The van der Waals surface area contributed by atoms with Crippen molar-refractivity contribution >= 4 is 29.9 Å². The number of aliphatic hydroxyl groups excluding tert-OH is 1. The number of hydrogen-bond donors (Lipinski definition) is 1. The largest absolute Gasteiger partial charge is 0.545 e. The molecule has 2 aromatic carbocycles. The standard InChI is InChI=1S/C20H15NO5/c22-12-15-10-13(5-6-18(23)24)9-14(11-15)7-8-21-19(25)16-3-1-2-4-17(16)20(21)26/h1-11,22H,12H2,(H,23,24)/p-1/b6-5+,8-7+. The predicted molar refractivity (Wildman–Crippen MR) is 92.4 cm³/mol. The summed E-state index contributed by atoms with van der Waals surface area (Å²) in [7, 11) is 0. The monoisotopic (exact) mass is 348 g/mol. The maximum atomic E-state index is 12.3. The molecular weight excluding hydrogens is 334 g/mol. The smallest absolute Gasteiger partial charge is 0.265 e. The van der Waals surface area contributed by atoms with Crippen LogP contribution in [0.25, 0.3) is 12.2 Å². The number of benzene rings is 2. The van der Waals surface area contributed by atoms with E-state index < -0.39 is 17.8 Å². The number of carbonyl (C=O) groups excluding carboxylic acids is 3. The van der Waals surface area contributed by atoms with Crippen molar-refractivity contribution in [1.29, 1.82) is 0 Å². The van der Waals surface area contributed by atoms with Crippen molar-refractivity contribution in [2.45, 2.75) is 6.61 Å². The number of fused-ring (bicyclic) bond motifs is 1. The van der Waals surface area contributed by atoms with Gasteiger partial charge in [-0.2, -0.15) is 0 Å². The molecule has 0 radical (unpaired) electrons. The lowest BCUT2D eigenvalue weighted by Gasteiger charge is -2.08. The van der Waals surface area contributed by atoms with Crippen LogP contribution in [0.4, 0.5) is 0 Å². The van der Waals surface area contributed by atoms with Crippen molar-refractivity contribution in [1.82, 2.24) is 4.90 Å². The number of carboxylic acids is 1. The molecule has 1 aliphatic heterocycles. The van der Waals surface area contributed by atoms with Crippen LogP contribution in [0.2, 0.25) is 0 Å². The van der Waals surface area contributed by atoms with Crippen molar-refractivity contribution in [3.8, 4) is 0 Å². The van der Waals surface area contributed by atoms with Crippen LogP contribution in [0.5, 0.6) is 0 Å². The van der Waals surface area contributed by atoms with Gasteiger partial charge in [-0.1, -0.05) is 18.2 Å². The van der Waals surface area contributed by atoms with Gasteiger partial charge in [0.2, 0.25) is 0 Å². The average Bonchev–Trinajstić information content (AvgIpc) is 2.89. The third kappa shape index (κ3) is 3.45. The zero-order valence-electron chi connectivity index (χ0n) is 13.6. The first-order valence-corrected chi connectivity index (χ1v) is 7.78. The Morgan fingerprint density at radius 2 is 1.58 bits per heavy atom. The molecule has 0 unspecified atom stereocenters. The summed E-state index contributed by atoms with van der Waals surface area (Å²) in [5.74, 6) is -2.14. The molecule has 0 saturated heterocycles. The topological polar surface area (TPSA) is 97.7 Å². The second-order valence-corrected chi connectivity index (χ2v) is 5.66. The van der Waals surface area contributed by atoms with Gasteiger partial charge >= 0.3 is 0 Å². The molecular formula is C20H14NO5-. The highest BCUT2D eigenvalue weighted by atomic mass is 16.4. The third-order valence-corrected chi connectivity index (χ3v) is 3.87. The summed E-state index contributed by atoms with van der Waals surface area (Å²) in [4.78, 5) is 36.2. The lowest BCUT2D eigenvalue weighted by molar-refractivity contribution is -0.297. The van der Waals surface area contributed by atoms with E-state index in [-0.39, 0.29) is 6.61 Å². The summed E-state index contributed by atoms with van der Waals surface area (Å²) in [6.07, 6.45) is 5.15. The molecule has 0 saturated carbocycles. The van der Waals surface area contributed by atoms with E-state index in [2.05, 4.69) is 0 Å². The summed E-state index contributed by atoms with van der Waals surface area (Å²) in [6, 6.07) is 11.5. The Morgan fingerprint density at radius 1 is 1.00 bits per heavy atom. The predicted octanol–water partition coefficient (Wildman–Crippen LogP) is 1.21. The molecule has 130 valence electrons. The molecule has 0 bridgehead atoms. The van der Waals surface area contributed by atoms with Crippen LogP contribution in [0.1, 0.15) is 37.4 Å². The average molecular weight is 348 g/mol. The molecule has 6 heteroatoms. The SMILES string of the molecule is O=C([O-])/C=C/c1cc(/C=C/N2C(=O)c3ccccc3C2=O)cc(CO)c1. The maximum absolute atomic E-state index is 12.3. The van der Waals surface area contributed by atoms with Crippen LogP contribution >= 0.6 is 0 Å². The number of carbonyl (C=O) groups is 3. The maximum Gasteiger partial charge on any atom is 0.265 e. The zero-order chi connectivity index (χ0) is 18.7. The molecule has 1 aliphatic rings. The van der Waals surface area contributed by atoms with Gasteiger partial charge in [-0.05, 0) is 59.2 Å². The van der Waals surface area contributed by atoms with E-state index in [0.29, 0.717) is 27.8 Å². The van der Waals surface area contributed by atoms with Crippen LogP contribution in [-0.4, -0.2) is 27.8 Å². The number of hydrogen-bond acceptors (Lipinski definition) is 5. The second-order valence-electron chi connectivity index (χ2n) is 5.66. The first-order chi connectivity index (χ1) is 12.5. The van der Waals surface area contributed by atoms with Gasteiger partial charge in [0.15, 0.2) is 0 Å². The van der Waals surface area contributed by atoms with Gasteiger partial charge in [0, 0.05) is 6.20 Å². The number of aliphatic carboxylic acids is 1. The van der Waals surface area contributed by atoms with Crippen molar-refractivity contribution in [2.24, 2.45) is 0 Å². The molecule has 2 amide bonds. The summed E-state index contributed by atoms with van der Waals surface area (Å²) < 4.78 is 0. The molecule has 3 rings (SSSR count). The van der Waals surface area contributed by atoms with Crippen LogP contribution in [-0.2, 0) is 11.4 Å². The Hall–Kier alpha value is -3.51. The van der Waals surface area contributed by atoms with E-state index in [1.54, 1.807) is 48.5 Å². The van der Waals surface area contributed by atoms with E-state index in [4.69, 9.17) is 0 Å². The van der Waals surface area contributed by atoms with Crippen molar-refractivity contribution < 1.29 is 24.6 Å². The lowest BCUT2D eigenvalue weighted by Crippen LogP contribution is -2.23. The molecule has 26 heavy (non-hydrogen) atoms. The van der Waals surface area contributed by atoms with Crippen molar-refractivity contribution in [3.63, 3.8) is 0 Å². The molecule has 1 N–H and O–H groups in total. The molecule has 0 aromatic heterocycles. The number of carboxylic acid groups (broad SMARTS) is 1. The molecule has 0 aliphatic carbocycles. The van der Waals surface area contributed by atoms with Gasteiger partial charge in [-0.15, -0.1) is 0 Å².